The number of benzene rings is 1. The van der Waals surface area contributed by atoms with Gasteiger partial charge in [0.2, 0.25) is 0 Å². The van der Waals surface area contributed by atoms with E-state index in [0.29, 0.717) is 22.9 Å². The molecule has 2 rings (SSSR count). The SMILES string of the molecule is CCCCOC(=O)C1=C(C)NC(=O)N[C@@H]1c1ccc(Cl)cc1. The van der Waals surface area contributed by atoms with E-state index in [1.165, 1.54) is 0 Å². The first-order valence-corrected chi connectivity index (χ1v) is 7.61. The largest absolute Gasteiger partial charge is 0.462 e. The summed E-state index contributed by atoms with van der Waals surface area (Å²) < 4.78 is 5.29. The number of unbranched alkanes of at least 4 members (excludes halogenated alkanes) is 1. The number of rotatable bonds is 5. The number of halogens is 1. The van der Waals surface area contributed by atoms with Crippen molar-refractivity contribution in [3.63, 3.8) is 0 Å². The fourth-order valence-electron chi connectivity index (χ4n) is 2.26. The van der Waals surface area contributed by atoms with Crippen molar-refractivity contribution in [3.05, 3.63) is 46.1 Å². The molecule has 0 spiro atoms. The third-order valence-electron chi connectivity index (χ3n) is 3.42. The summed E-state index contributed by atoms with van der Waals surface area (Å²) in [5.74, 6) is -0.418. The van der Waals surface area contributed by atoms with Crippen LogP contribution in [0.3, 0.4) is 0 Å². The molecule has 2 amide bonds. The Hall–Kier alpha value is -2.01. The Bertz CT molecular complexity index is 596. The summed E-state index contributed by atoms with van der Waals surface area (Å²) in [5.41, 5.74) is 1.70. The Morgan fingerprint density at radius 2 is 2.00 bits per heavy atom. The van der Waals surface area contributed by atoms with Crippen LogP contribution in [-0.4, -0.2) is 18.6 Å². The zero-order chi connectivity index (χ0) is 16.1. The lowest BCUT2D eigenvalue weighted by Gasteiger charge is -2.28. The summed E-state index contributed by atoms with van der Waals surface area (Å²) in [7, 11) is 0. The van der Waals surface area contributed by atoms with Crippen LogP contribution in [0.4, 0.5) is 4.79 Å². The van der Waals surface area contributed by atoms with Gasteiger partial charge in [-0.2, -0.15) is 0 Å². The average molecular weight is 323 g/mol. The third kappa shape index (κ3) is 3.80. The van der Waals surface area contributed by atoms with Crippen molar-refractivity contribution in [2.24, 2.45) is 0 Å². The number of carbonyl (C=O) groups excluding carboxylic acids is 2. The molecule has 5 nitrogen and oxygen atoms in total. The van der Waals surface area contributed by atoms with Crippen LogP contribution in [0.5, 0.6) is 0 Å². The van der Waals surface area contributed by atoms with Gasteiger partial charge in [-0.25, -0.2) is 9.59 Å². The van der Waals surface area contributed by atoms with Gasteiger partial charge in [-0.15, -0.1) is 0 Å². The molecule has 1 aromatic rings. The number of nitrogens with one attached hydrogen (secondary N) is 2. The van der Waals surface area contributed by atoms with E-state index in [9.17, 15) is 9.59 Å². The molecule has 1 heterocycles. The fraction of sp³-hybridized carbons (Fsp3) is 0.375. The lowest BCUT2D eigenvalue weighted by Crippen LogP contribution is -2.45. The Morgan fingerprint density at radius 3 is 2.64 bits per heavy atom. The number of hydrogen-bond acceptors (Lipinski definition) is 3. The maximum atomic E-state index is 12.3. The molecule has 1 aliphatic rings. The second-order valence-electron chi connectivity index (χ2n) is 5.11. The van der Waals surface area contributed by atoms with E-state index in [1.807, 2.05) is 6.92 Å². The predicted octanol–water partition coefficient (Wildman–Crippen LogP) is 3.31. The number of urea groups is 1. The first-order chi connectivity index (χ1) is 10.5. The molecule has 0 fully saturated rings. The Morgan fingerprint density at radius 1 is 1.32 bits per heavy atom. The Balaban J connectivity index is 2.28. The molecule has 1 aromatic carbocycles. The third-order valence-corrected chi connectivity index (χ3v) is 3.68. The van der Waals surface area contributed by atoms with Crippen LogP contribution in [0.2, 0.25) is 5.02 Å². The van der Waals surface area contributed by atoms with Crippen LogP contribution < -0.4 is 10.6 Å². The van der Waals surface area contributed by atoms with Gasteiger partial charge in [0, 0.05) is 10.7 Å². The first kappa shape index (κ1) is 16.4. The first-order valence-electron chi connectivity index (χ1n) is 7.23. The van der Waals surface area contributed by atoms with Gasteiger partial charge >= 0.3 is 12.0 Å². The molecule has 2 N–H and O–H groups in total. The minimum atomic E-state index is -0.542. The van der Waals surface area contributed by atoms with E-state index in [-0.39, 0.29) is 6.03 Å². The van der Waals surface area contributed by atoms with Crippen molar-refractivity contribution in [2.75, 3.05) is 6.61 Å². The van der Waals surface area contributed by atoms with E-state index in [0.717, 1.165) is 18.4 Å². The normalized spacial score (nSPS) is 17.8. The molecule has 1 aliphatic heterocycles. The molecule has 1 atom stereocenters. The van der Waals surface area contributed by atoms with Gasteiger partial charge in [-0.1, -0.05) is 37.1 Å². The van der Waals surface area contributed by atoms with Crippen LogP contribution in [0.15, 0.2) is 35.5 Å². The maximum absolute atomic E-state index is 12.3. The van der Waals surface area contributed by atoms with E-state index in [4.69, 9.17) is 16.3 Å². The average Bonchev–Trinajstić information content (AvgIpc) is 2.47. The van der Waals surface area contributed by atoms with Crippen molar-refractivity contribution in [1.29, 1.82) is 0 Å². The second-order valence-corrected chi connectivity index (χ2v) is 5.55. The number of carbonyl (C=O) groups is 2. The smallest absolute Gasteiger partial charge is 0.338 e. The molecule has 0 aromatic heterocycles. The van der Waals surface area contributed by atoms with Gasteiger partial charge in [0.05, 0.1) is 18.2 Å². The molecule has 0 bridgehead atoms. The molecule has 118 valence electrons. The van der Waals surface area contributed by atoms with E-state index < -0.39 is 12.0 Å². The zero-order valence-electron chi connectivity index (χ0n) is 12.6. The highest BCUT2D eigenvalue weighted by atomic mass is 35.5. The quantitative estimate of drug-likeness (QED) is 0.645. The van der Waals surface area contributed by atoms with Gasteiger partial charge in [0.25, 0.3) is 0 Å². The van der Waals surface area contributed by atoms with E-state index in [1.54, 1.807) is 31.2 Å². The number of esters is 1. The highest BCUT2D eigenvalue weighted by Gasteiger charge is 2.32. The van der Waals surface area contributed by atoms with Crippen molar-refractivity contribution in [2.45, 2.75) is 32.7 Å². The standard InChI is InChI=1S/C16H19ClN2O3/c1-3-4-9-22-15(20)13-10(2)18-16(21)19-14(13)11-5-7-12(17)8-6-11/h5-8,14H,3-4,9H2,1-2H3,(H2,18,19,21)/t14-/m1/s1. The molecule has 0 saturated heterocycles. The highest BCUT2D eigenvalue weighted by Crippen LogP contribution is 2.28. The summed E-state index contributed by atoms with van der Waals surface area (Å²) in [6.45, 7) is 4.09. The molecule has 6 heteroatoms. The summed E-state index contributed by atoms with van der Waals surface area (Å²) in [5, 5.41) is 5.96. The molecule has 22 heavy (non-hydrogen) atoms. The molecular weight excluding hydrogens is 304 g/mol. The molecular formula is C16H19ClN2O3. The number of allylic oxidation sites excluding steroid dienone is 1. The van der Waals surface area contributed by atoms with Gasteiger partial charge in [0.15, 0.2) is 0 Å². The van der Waals surface area contributed by atoms with Crippen molar-refractivity contribution < 1.29 is 14.3 Å². The van der Waals surface area contributed by atoms with Crippen molar-refractivity contribution >= 4 is 23.6 Å². The van der Waals surface area contributed by atoms with Crippen molar-refractivity contribution in [3.8, 4) is 0 Å². The zero-order valence-corrected chi connectivity index (χ0v) is 13.4. The van der Waals surface area contributed by atoms with Gasteiger partial charge in [0.1, 0.15) is 0 Å². The minimum absolute atomic E-state index is 0.345. The fourth-order valence-corrected chi connectivity index (χ4v) is 2.38. The second kappa shape index (κ2) is 7.31. The van der Waals surface area contributed by atoms with Gasteiger partial charge in [-0.3, -0.25) is 0 Å². The highest BCUT2D eigenvalue weighted by molar-refractivity contribution is 6.30. The van der Waals surface area contributed by atoms with E-state index in [2.05, 4.69) is 10.6 Å². The summed E-state index contributed by atoms with van der Waals surface area (Å²) in [6, 6.07) is 6.12. The van der Waals surface area contributed by atoms with Crippen molar-refractivity contribution in [1.82, 2.24) is 10.6 Å². The molecule has 0 radical (unpaired) electrons. The van der Waals surface area contributed by atoms with Crippen LogP contribution in [0.25, 0.3) is 0 Å². The van der Waals surface area contributed by atoms with Gasteiger partial charge in [-0.05, 0) is 31.0 Å². The Labute approximate surface area is 134 Å². The molecule has 0 saturated carbocycles. The predicted molar refractivity (Wildman–Crippen MR) is 84.4 cm³/mol. The molecule has 0 unspecified atom stereocenters. The maximum Gasteiger partial charge on any atom is 0.338 e. The topological polar surface area (TPSA) is 67.4 Å². The van der Waals surface area contributed by atoms with E-state index >= 15 is 0 Å². The number of amides is 2. The Kier molecular flexibility index (Phi) is 5.44. The van der Waals surface area contributed by atoms with Crippen LogP contribution in [0, 0.1) is 0 Å². The van der Waals surface area contributed by atoms with Gasteiger partial charge < -0.3 is 15.4 Å². The summed E-state index contributed by atoms with van der Waals surface area (Å²) in [4.78, 5) is 24.1. The van der Waals surface area contributed by atoms with Crippen LogP contribution in [-0.2, 0) is 9.53 Å². The van der Waals surface area contributed by atoms with Crippen LogP contribution >= 0.6 is 11.6 Å². The van der Waals surface area contributed by atoms with Crippen LogP contribution in [0.1, 0.15) is 38.3 Å². The number of hydrogen-bond donors (Lipinski definition) is 2. The lowest BCUT2D eigenvalue weighted by molar-refractivity contribution is -0.139. The lowest BCUT2D eigenvalue weighted by atomic mass is 9.96. The monoisotopic (exact) mass is 322 g/mol. The minimum Gasteiger partial charge on any atom is -0.462 e. The summed E-state index contributed by atoms with van der Waals surface area (Å²) in [6.07, 6.45) is 1.75. The summed E-state index contributed by atoms with van der Waals surface area (Å²) >= 11 is 5.89. The number of ether oxygens (including phenoxy) is 1. The molecule has 0 aliphatic carbocycles.